The number of nitrogens with one attached hydrogen (secondary N) is 1. The van der Waals surface area contributed by atoms with E-state index in [1.165, 1.54) is 0 Å². The number of likely N-dealkylation sites (tertiary alicyclic amines) is 1. The second kappa shape index (κ2) is 11.0. The van der Waals surface area contributed by atoms with Crippen molar-refractivity contribution in [2.24, 2.45) is 0 Å². The van der Waals surface area contributed by atoms with E-state index in [4.69, 9.17) is 9.47 Å². The SMILES string of the molecule is COc1ccc(C)cc1CCNC(=O)c1ccc(OCC(=O)N2C(C)CCCC2C)cc1. The first kappa shape index (κ1) is 23.6. The zero-order valence-corrected chi connectivity index (χ0v) is 19.5. The predicted molar refractivity (Wildman–Crippen MR) is 125 cm³/mol. The molecule has 0 saturated carbocycles. The Morgan fingerprint density at radius 2 is 1.75 bits per heavy atom. The second-order valence-corrected chi connectivity index (χ2v) is 8.56. The number of nitrogens with zero attached hydrogens (tertiary/aromatic N) is 1. The maximum absolute atomic E-state index is 12.6. The summed E-state index contributed by atoms with van der Waals surface area (Å²) in [5.74, 6) is 1.28. The van der Waals surface area contributed by atoms with Crippen LogP contribution >= 0.6 is 0 Å². The average Bonchev–Trinajstić information content (AvgIpc) is 2.78. The Kier molecular flexibility index (Phi) is 8.14. The van der Waals surface area contributed by atoms with Crippen molar-refractivity contribution < 1.29 is 19.1 Å². The molecule has 0 spiro atoms. The Bertz CT molecular complexity index is 916. The molecule has 1 N–H and O–H groups in total. The number of hydrogen-bond donors (Lipinski definition) is 1. The molecule has 2 amide bonds. The third kappa shape index (κ3) is 6.02. The lowest BCUT2D eigenvalue weighted by atomic mass is 9.97. The molecule has 2 unspecified atom stereocenters. The molecule has 1 fully saturated rings. The fourth-order valence-electron chi connectivity index (χ4n) is 4.35. The number of hydrogen-bond acceptors (Lipinski definition) is 4. The van der Waals surface area contributed by atoms with Crippen LogP contribution in [0.15, 0.2) is 42.5 Å². The summed E-state index contributed by atoms with van der Waals surface area (Å²) in [4.78, 5) is 27.0. The van der Waals surface area contributed by atoms with Gasteiger partial charge >= 0.3 is 0 Å². The van der Waals surface area contributed by atoms with Gasteiger partial charge in [0.05, 0.1) is 7.11 Å². The Hall–Kier alpha value is -3.02. The van der Waals surface area contributed by atoms with Crippen molar-refractivity contribution >= 4 is 11.8 Å². The molecular formula is C26H34N2O4. The summed E-state index contributed by atoms with van der Waals surface area (Å²) in [6, 6.07) is 13.4. The number of piperidine rings is 1. The number of carbonyl (C=O) groups is 2. The summed E-state index contributed by atoms with van der Waals surface area (Å²) >= 11 is 0. The van der Waals surface area contributed by atoms with Crippen LogP contribution in [0.4, 0.5) is 0 Å². The highest BCUT2D eigenvalue weighted by molar-refractivity contribution is 5.94. The van der Waals surface area contributed by atoms with Crippen molar-refractivity contribution in [3.05, 3.63) is 59.2 Å². The Morgan fingerprint density at radius 3 is 2.41 bits per heavy atom. The van der Waals surface area contributed by atoms with Crippen LogP contribution in [0.25, 0.3) is 0 Å². The zero-order chi connectivity index (χ0) is 23.1. The fraction of sp³-hybridized carbons (Fsp3) is 0.462. The maximum Gasteiger partial charge on any atom is 0.260 e. The Morgan fingerprint density at radius 1 is 1.06 bits per heavy atom. The van der Waals surface area contributed by atoms with Gasteiger partial charge in [-0.15, -0.1) is 0 Å². The summed E-state index contributed by atoms with van der Waals surface area (Å²) in [5, 5.41) is 2.94. The normalized spacial score (nSPS) is 18.2. The van der Waals surface area contributed by atoms with Crippen LogP contribution in [-0.4, -0.2) is 49.1 Å². The first-order valence-corrected chi connectivity index (χ1v) is 11.3. The third-order valence-corrected chi connectivity index (χ3v) is 6.08. The van der Waals surface area contributed by atoms with Crippen molar-refractivity contribution in [1.82, 2.24) is 10.2 Å². The molecule has 32 heavy (non-hydrogen) atoms. The molecule has 6 nitrogen and oxygen atoms in total. The summed E-state index contributed by atoms with van der Waals surface area (Å²) in [5.41, 5.74) is 2.78. The summed E-state index contributed by atoms with van der Waals surface area (Å²) in [7, 11) is 1.65. The van der Waals surface area contributed by atoms with E-state index in [1.807, 2.05) is 24.0 Å². The van der Waals surface area contributed by atoms with Gasteiger partial charge in [0, 0.05) is 24.2 Å². The molecule has 3 rings (SSSR count). The van der Waals surface area contributed by atoms with Crippen molar-refractivity contribution in [1.29, 1.82) is 0 Å². The van der Waals surface area contributed by atoms with Gasteiger partial charge in [0.15, 0.2) is 6.61 Å². The Balaban J connectivity index is 1.48. The summed E-state index contributed by atoms with van der Waals surface area (Å²) in [6.07, 6.45) is 3.93. The molecule has 0 aliphatic carbocycles. The lowest BCUT2D eigenvalue weighted by Crippen LogP contribution is -2.49. The standard InChI is InChI=1S/C26H34N2O4/c1-18-8-13-24(31-4)22(16-18)14-15-27-26(30)21-9-11-23(12-10-21)32-17-25(29)28-19(2)6-5-7-20(28)3/h8-13,16,19-20H,5-7,14-15,17H2,1-4H3,(H,27,30). The van der Waals surface area contributed by atoms with Crippen LogP contribution in [0.5, 0.6) is 11.5 Å². The monoisotopic (exact) mass is 438 g/mol. The number of amides is 2. The van der Waals surface area contributed by atoms with Crippen molar-refractivity contribution in [2.45, 2.75) is 58.5 Å². The van der Waals surface area contributed by atoms with E-state index in [2.05, 4.69) is 25.2 Å². The molecule has 0 aromatic heterocycles. The quantitative estimate of drug-likeness (QED) is 0.673. The van der Waals surface area contributed by atoms with Gasteiger partial charge in [-0.25, -0.2) is 0 Å². The molecule has 2 aromatic rings. The number of aryl methyl sites for hydroxylation is 1. The van der Waals surface area contributed by atoms with E-state index in [-0.39, 0.29) is 30.5 Å². The number of methoxy groups -OCH3 is 1. The van der Waals surface area contributed by atoms with E-state index in [1.54, 1.807) is 31.4 Å². The first-order chi connectivity index (χ1) is 15.4. The molecule has 1 aliphatic heterocycles. The van der Waals surface area contributed by atoms with E-state index in [0.29, 0.717) is 24.3 Å². The molecule has 1 aliphatic rings. The first-order valence-electron chi connectivity index (χ1n) is 11.3. The average molecular weight is 439 g/mol. The summed E-state index contributed by atoms with van der Waals surface area (Å²) in [6.45, 7) is 6.74. The van der Waals surface area contributed by atoms with Gasteiger partial charge in [-0.05, 0) is 82.3 Å². The van der Waals surface area contributed by atoms with Crippen LogP contribution in [0.3, 0.4) is 0 Å². The van der Waals surface area contributed by atoms with E-state index in [9.17, 15) is 9.59 Å². The highest BCUT2D eigenvalue weighted by Crippen LogP contribution is 2.23. The second-order valence-electron chi connectivity index (χ2n) is 8.56. The smallest absolute Gasteiger partial charge is 0.260 e. The van der Waals surface area contributed by atoms with Crippen LogP contribution in [0.1, 0.15) is 54.6 Å². The van der Waals surface area contributed by atoms with Crippen LogP contribution in [-0.2, 0) is 11.2 Å². The zero-order valence-electron chi connectivity index (χ0n) is 19.5. The van der Waals surface area contributed by atoms with Gasteiger partial charge in [-0.1, -0.05) is 17.7 Å². The van der Waals surface area contributed by atoms with E-state index >= 15 is 0 Å². The molecule has 0 bridgehead atoms. The molecule has 1 heterocycles. The number of benzene rings is 2. The van der Waals surface area contributed by atoms with Gasteiger partial charge in [-0.3, -0.25) is 9.59 Å². The maximum atomic E-state index is 12.6. The lowest BCUT2D eigenvalue weighted by Gasteiger charge is -2.38. The highest BCUT2D eigenvalue weighted by Gasteiger charge is 2.28. The predicted octanol–water partition coefficient (Wildman–Crippen LogP) is 4.14. The molecule has 2 atom stereocenters. The van der Waals surface area contributed by atoms with Gasteiger partial charge in [-0.2, -0.15) is 0 Å². The third-order valence-electron chi connectivity index (χ3n) is 6.08. The van der Waals surface area contributed by atoms with Gasteiger partial charge in [0.2, 0.25) is 0 Å². The Labute approximate surface area is 190 Å². The molecule has 0 radical (unpaired) electrons. The number of rotatable bonds is 8. The van der Waals surface area contributed by atoms with Gasteiger partial charge in [0.25, 0.3) is 11.8 Å². The molecule has 172 valence electrons. The van der Waals surface area contributed by atoms with E-state index in [0.717, 1.165) is 36.1 Å². The van der Waals surface area contributed by atoms with Crippen LogP contribution < -0.4 is 14.8 Å². The summed E-state index contributed by atoms with van der Waals surface area (Å²) < 4.78 is 11.1. The minimum Gasteiger partial charge on any atom is -0.496 e. The van der Waals surface area contributed by atoms with E-state index < -0.39 is 0 Å². The highest BCUT2D eigenvalue weighted by atomic mass is 16.5. The number of carbonyl (C=O) groups excluding carboxylic acids is 2. The lowest BCUT2D eigenvalue weighted by molar-refractivity contribution is -0.139. The van der Waals surface area contributed by atoms with Crippen LogP contribution in [0, 0.1) is 6.92 Å². The molecular weight excluding hydrogens is 404 g/mol. The number of ether oxygens (including phenoxy) is 2. The molecule has 2 aromatic carbocycles. The fourth-order valence-corrected chi connectivity index (χ4v) is 4.35. The largest absolute Gasteiger partial charge is 0.496 e. The van der Waals surface area contributed by atoms with Crippen LogP contribution in [0.2, 0.25) is 0 Å². The minimum atomic E-state index is -0.143. The van der Waals surface area contributed by atoms with Crippen molar-refractivity contribution in [2.75, 3.05) is 20.3 Å². The molecule has 6 heteroatoms. The van der Waals surface area contributed by atoms with Crippen molar-refractivity contribution in [3.8, 4) is 11.5 Å². The van der Waals surface area contributed by atoms with Crippen molar-refractivity contribution in [3.63, 3.8) is 0 Å². The van der Waals surface area contributed by atoms with Gasteiger partial charge < -0.3 is 19.7 Å². The minimum absolute atomic E-state index is 0.0121. The topological polar surface area (TPSA) is 67.9 Å². The molecule has 1 saturated heterocycles. The van der Waals surface area contributed by atoms with Gasteiger partial charge in [0.1, 0.15) is 11.5 Å².